The number of rotatable bonds is 5. The summed E-state index contributed by atoms with van der Waals surface area (Å²) in [6, 6.07) is 14.5. The number of carbonyl (C=O) groups is 1. The van der Waals surface area contributed by atoms with Crippen molar-refractivity contribution in [2.24, 2.45) is 0 Å². The van der Waals surface area contributed by atoms with Gasteiger partial charge in [-0.25, -0.2) is 4.79 Å². The molecular formula is C17H11ClN2O4. The highest BCUT2D eigenvalue weighted by molar-refractivity contribution is 6.32. The van der Waals surface area contributed by atoms with Crippen LogP contribution in [0.2, 0.25) is 5.02 Å². The van der Waals surface area contributed by atoms with Crippen molar-refractivity contribution in [3.63, 3.8) is 0 Å². The molecule has 0 radical (unpaired) electrons. The lowest BCUT2D eigenvalue weighted by atomic mass is 10.1. The van der Waals surface area contributed by atoms with Gasteiger partial charge in [0.2, 0.25) is 0 Å². The van der Waals surface area contributed by atoms with Crippen LogP contribution in [0.1, 0.15) is 11.1 Å². The zero-order valence-electron chi connectivity index (χ0n) is 12.3. The molecule has 0 atom stereocenters. The first-order chi connectivity index (χ1) is 11.5. The molecule has 6 nitrogen and oxygen atoms in total. The van der Waals surface area contributed by atoms with Crippen molar-refractivity contribution >= 4 is 29.3 Å². The van der Waals surface area contributed by atoms with Crippen LogP contribution in [0, 0.1) is 21.4 Å². The molecule has 0 N–H and O–H groups in total. The number of hydrogen-bond donors (Lipinski definition) is 0. The monoisotopic (exact) mass is 342 g/mol. The van der Waals surface area contributed by atoms with Gasteiger partial charge in [0.15, 0.2) is 0 Å². The Morgan fingerprint density at radius 3 is 2.62 bits per heavy atom. The number of nitro groups is 1. The van der Waals surface area contributed by atoms with E-state index in [-0.39, 0.29) is 28.5 Å². The van der Waals surface area contributed by atoms with Crippen LogP contribution in [-0.2, 0) is 16.1 Å². The minimum Gasteiger partial charge on any atom is -0.457 e. The van der Waals surface area contributed by atoms with Crippen molar-refractivity contribution in [2.45, 2.75) is 6.61 Å². The molecule has 0 aliphatic heterocycles. The average molecular weight is 343 g/mol. The first-order valence-electron chi connectivity index (χ1n) is 6.78. The topological polar surface area (TPSA) is 93.2 Å². The number of nitrogens with zero attached hydrogens (tertiary/aromatic N) is 2. The molecule has 0 saturated carbocycles. The van der Waals surface area contributed by atoms with Crippen LogP contribution in [-0.4, -0.2) is 10.9 Å². The fraction of sp³-hybridized carbons (Fsp3) is 0.0588. The molecule has 2 aromatic carbocycles. The predicted molar refractivity (Wildman–Crippen MR) is 87.9 cm³/mol. The van der Waals surface area contributed by atoms with E-state index in [1.54, 1.807) is 30.3 Å². The van der Waals surface area contributed by atoms with Crippen LogP contribution in [0.5, 0.6) is 0 Å². The van der Waals surface area contributed by atoms with Gasteiger partial charge >= 0.3 is 5.97 Å². The van der Waals surface area contributed by atoms with Crippen LogP contribution >= 0.6 is 11.6 Å². The van der Waals surface area contributed by atoms with E-state index in [4.69, 9.17) is 21.6 Å². The highest BCUT2D eigenvalue weighted by Gasteiger charge is 2.14. The molecule has 7 heteroatoms. The standard InChI is InChI=1S/C17H11ClN2O4/c18-16-7-6-15(20(22)23)9-13(16)8-14(10-19)17(21)24-11-12-4-2-1-3-5-12/h1-9H,11H2. The van der Waals surface area contributed by atoms with Crippen LogP contribution < -0.4 is 0 Å². The molecule has 2 aromatic rings. The van der Waals surface area contributed by atoms with Crippen molar-refractivity contribution in [1.82, 2.24) is 0 Å². The molecule has 0 heterocycles. The van der Waals surface area contributed by atoms with Crippen LogP contribution in [0.25, 0.3) is 6.08 Å². The van der Waals surface area contributed by atoms with Gasteiger partial charge in [-0.3, -0.25) is 10.1 Å². The minimum atomic E-state index is -0.830. The van der Waals surface area contributed by atoms with Gasteiger partial charge in [-0.1, -0.05) is 41.9 Å². The van der Waals surface area contributed by atoms with Gasteiger partial charge < -0.3 is 4.74 Å². The van der Waals surface area contributed by atoms with E-state index in [9.17, 15) is 14.9 Å². The summed E-state index contributed by atoms with van der Waals surface area (Å²) < 4.78 is 5.06. The number of ether oxygens (including phenoxy) is 1. The van der Waals surface area contributed by atoms with Crippen molar-refractivity contribution in [1.29, 1.82) is 5.26 Å². The van der Waals surface area contributed by atoms with E-state index in [0.717, 1.165) is 5.56 Å². The molecule has 0 aliphatic carbocycles. The molecule has 0 aromatic heterocycles. The lowest BCUT2D eigenvalue weighted by Crippen LogP contribution is -2.06. The zero-order chi connectivity index (χ0) is 17.5. The summed E-state index contributed by atoms with van der Waals surface area (Å²) in [5, 5.41) is 20.1. The molecule has 0 amide bonds. The van der Waals surface area contributed by atoms with Crippen molar-refractivity contribution < 1.29 is 14.5 Å². The van der Waals surface area contributed by atoms with Crippen LogP contribution in [0.4, 0.5) is 5.69 Å². The maximum absolute atomic E-state index is 12.0. The molecule has 120 valence electrons. The number of esters is 1. The summed E-state index contributed by atoms with van der Waals surface area (Å²) in [5.41, 5.74) is 0.476. The maximum Gasteiger partial charge on any atom is 0.349 e. The zero-order valence-corrected chi connectivity index (χ0v) is 13.1. The fourth-order valence-corrected chi connectivity index (χ4v) is 2.02. The maximum atomic E-state index is 12.0. The Morgan fingerprint density at radius 2 is 2.00 bits per heavy atom. The predicted octanol–water partition coefficient (Wildman–Crippen LogP) is 3.90. The van der Waals surface area contributed by atoms with Gasteiger partial charge in [0.1, 0.15) is 18.2 Å². The number of non-ortho nitro benzene ring substituents is 1. The molecule has 2 rings (SSSR count). The van der Waals surface area contributed by atoms with Gasteiger partial charge in [-0.05, 0) is 17.7 Å². The summed E-state index contributed by atoms with van der Waals surface area (Å²) in [5.74, 6) is -0.830. The average Bonchev–Trinajstić information content (AvgIpc) is 2.59. The van der Waals surface area contributed by atoms with Crippen LogP contribution in [0.15, 0.2) is 54.1 Å². The van der Waals surface area contributed by atoms with Crippen molar-refractivity contribution in [3.8, 4) is 6.07 Å². The first kappa shape index (κ1) is 17.2. The minimum absolute atomic E-state index is 0.0152. The summed E-state index contributed by atoms with van der Waals surface area (Å²) in [6.07, 6.45) is 1.17. The fourth-order valence-electron chi connectivity index (χ4n) is 1.85. The van der Waals surface area contributed by atoms with Gasteiger partial charge in [-0.15, -0.1) is 0 Å². The Kier molecular flexibility index (Phi) is 5.66. The molecule has 0 saturated heterocycles. The number of benzene rings is 2. The third-order valence-corrected chi connectivity index (χ3v) is 3.39. The first-order valence-corrected chi connectivity index (χ1v) is 7.16. The Morgan fingerprint density at radius 1 is 1.29 bits per heavy atom. The molecule has 0 spiro atoms. The molecule has 24 heavy (non-hydrogen) atoms. The highest BCUT2D eigenvalue weighted by atomic mass is 35.5. The van der Waals surface area contributed by atoms with Crippen LogP contribution in [0.3, 0.4) is 0 Å². The second kappa shape index (κ2) is 7.90. The molecule has 0 aliphatic rings. The van der Waals surface area contributed by atoms with Gasteiger partial charge in [0.05, 0.1) is 4.92 Å². The van der Waals surface area contributed by atoms with E-state index < -0.39 is 10.9 Å². The van der Waals surface area contributed by atoms with E-state index in [0.29, 0.717) is 0 Å². The van der Waals surface area contributed by atoms with E-state index in [1.165, 1.54) is 24.3 Å². The Balaban J connectivity index is 2.20. The molecule has 0 unspecified atom stereocenters. The summed E-state index contributed by atoms with van der Waals surface area (Å²) in [4.78, 5) is 22.2. The number of nitro benzene ring substituents is 1. The number of halogens is 1. The lowest BCUT2D eigenvalue weighted by Gasteiger charge is -2.04. The Hall–Kier alpha value is -3.17. The van der Waals surface area contributed by atoms with Gasteiger partial charge in [-0.2, -0.15) is 5.26 Å². The Labute approximate surface area is 142 Å². The second-order valence-electron chi connectivity index (χ2n) is 4.69. The van der Waals surface area contributed by atoms with E-state index in [2.05, 4.69) is 0 Å². The van der Waals surface area contributed by atoms with E-state index >= 15 is 0 Å². The lowest BCUT2D eigenvalue weighted by molar-refractivity contribution is -0.384. The second-order valence-corrected chi connectivity index (χ2v) is 5.10. The molecule has 0 bridgehead atoms. The molecular weight excluding hydrogens is 332 g/mol. The third kappa shape index (κ3) is 4.41. The largest absolute Gasteiger partial charge is 0.457 e. The Bertz CT molecular complexity index is 841. The molecule has 0 fully saturated rings. The number of hydrogen-bond acceptors (Lipinski definition) is 5. The third-order valence-electron chi connectivity index (χ3n) is 3.04. The number of carbonyl (C=O) groups excluding carboxylic acids is 1. The SMILES string of the molecule is N#CC(=Cc1cc([N+](=O)[O-])ccc1Cl)C(=O)OCc1ccccc1. The van der Waals surface area contributed by atoms with Gasteiger partial charge in [0.25, 0.3) is 5.69 Å². The van der Waals surface area contributed by atoms with Crippen molar-refractivity contribution in [2.75, 3.05) is 0 Å². The summed E-state index contributed by atoms with van der Waals surface area (Å²) in [7, 11) is 0. The van der Waals surface area contributed by atoms with Gasteiger partial charge in [0, 0.05) is 22.7 Å². The number of nitriles is 1. The summed E-state index contributed by atoms with van der Waals surface area (Å²) >= 11 is 5.95. The van der Waals surface area contributed by atoms with Crippen molar-refractivity contribution in [3.05, 3.63) is 80.4 Å². The quantitative estimate of drug-likeness (QED) is 0.270. The summed E-state index contributed by atoms with van der Waals surface area (Å²) in [6.45, 7) is 0.0152. The highest BCUT2D eigenvalue weighted by Crippen LogP contribution is 2.24. The smallest absolute Gasteiger partial charge is 0.349 e. The normalized spacial score (nSPS) is 10.8. The van der Waals surface area contributed by atoms with E-state index in [1.807, 2.05) is 6.07 Å².